The zero-order valence-electron chi connectivity index (χ0n) is 10.2. The van der Waals surface area contributed by atoms with Crippen LogP contribution < -0.4 is 4.90 Å². The quantitative estimate of drug-likeness (QED) is 0.728. The van der Waals surface area contributed by atoms with Gasteiger partial charge in [0.05, 0.1) is 7.11 Å². The van der Waals surface area contributed by atoms with E-state index in [1.807, 2.05) is 37.8 Å². The Hall–Kier alpha value is -1.58. The Morgan fingerprint density at radius 2 is 2.19 bits per heavy atom. The van der Waals surface area contributed by atoms with Crippen molar-refractivity contribution >= 4 is 11.8 Å². The molecule has 4 heteroatoms. The highest BCUT2D eigenvalue weighted by atomic mass is 16.5. The van der Waals surface area contributed by atoms with Crippen molar-refractivity contribution in [2.24, 2.45) is 0 Å². The summed E-state index contributed by atoms with van der Waals surface area (Å²) in [5.74, 6) is 0.544. The average molecular weight is 222 g/mol. The molecule has 16 heavy (non-hydrogen) atoms. The molecule has 1 aromatic rings. The lowest BCUT2D eigenvalue weighted by atomic mass is 10.2. The lowest BCUT2D eigenvalue weighted by molar-refractivity contribution is -0.139. The Morgan fingerprint density at radius 3 is 2.62 bits per heavy atom. The first-order valence-corrected chi connectivity index (χ1v) is 5.30. The van der Waals surface area contributed by atoms with Gasteiger partial charge in [-0.25, -0.2) is 4.98 Å². The number of esters is 1. The Kier molecular flexibility index (Phi) is 4.28. The molecule has 88 valence electrons. The first-order chi connectivity index (χ1) is 7.54. The van der Waals surface area contributed by atoms with E-state index in [0.717, 1.165) is 11.4 Å². The minimum atomic E-state index is -0.254. The van der Waals surface area contributed by atoms with Crippen molar-refractivity contribution in [2.45, 2.75) is 26.8 Å². The van der Waals surface area contributed by atoms with Gasteiger partial charge in [0.25, 0.3) is 0 Å². The van der Waals surface area contributed by atoms with Crippen LogP contribution in [0.25, 0.3) is 0 Å². The first kappa shape index (κ1) is 12.5. The van der Waals surface area contributed by atoms with Gasteiger partial charge in [-0.1, -0.05) is 6.07 Å². The summed E-state index contributed by atoms with van der Waals surface area (Å²) in [4.78, 5) is 17.5. The maximum Gasteiger partial charge on any atom is 0.325 e. The fourth-order valence-corrected chi connectivity index (χ4v) is 1.36. The molecular formula is C12H18N2O2. The number of pyridine rings is 1. The highest BCUT2D eigenvalue weighted by Crippen LogP contribution is 2.14. The van der Waals surface area contributed by atoms with Crippen LogP contribution in [0, 0.1) is 6.92 Å². The first-order valence-electron chi connectivity index (χ1n) is 5.30. The maximum absolute atomic E-state index is 11.3. The SMILES string of the molecule is COC(=O)CN(c1ccc(C)cn1)C(C)C. The summed E-state index contributed by atoms with van der Waals surface area (Å²) in [6.45, 7) is 6.25. The van der Waals surface area contributed by atoms with Gasteiger partial charge >= 0.3 is 5.97 Å². The largest absolute Gasteiger partial charge is 0.468 e. The monoisotopic (exact) mass is 222 g/mol. The van der Waals surface area contributed by atoms with Crippen LogP contribution >= 0.6 is 0 Å². The van der Waals surface area contributed by atoms with Gasteiger partial charge in [-0.05, 0) is 32.4 Å². The number of carbonyl (C=O) groups excluding carboxylic acids is 1. The number of carbonyl (C=O) groups is 1. The van der Waals surface area contributed by atoms with E-state index >= 15 is 0 Å². The second-order valence-electron chi connectivity index (χ2n) is 3.99. The van der Waals surface area contributed by atoms with Crippen LogP contribution in [0.1, 0.15) is 19.4 Å². The van der Waals surface area contributed by atoms with Crippen LogP contribution in [0.4, 0.5) is 5.82 Å². The van der Waals surface area contributed by atoms with Crippen LogP contribution in [-0.2, 0) is 9.53 Å². The van der Waals surface area contributed by atoms with Crippen LogP contribution in [-0.4, -0.2) is 30.6 Å². The minimum absolute atomic E-state index is 0.203. The Bertz CT molecular complexity index is 347. The van der Waals surface area contributed by atoms with E-state index in [-0.39, 0.29) is 18.6 Å². The van der Waals surface area contributed by atoms with E-state index in [4.69, 9.17) is 0 Å². The molecule has 0 spiro atoms. The smallest absolute Gasteiger partial charge is 0.325 e. The van der Waals surface area contributed by atoms with Gasteiger partial charge in [0.1, 0.15) is 12.4 Å². The number of aromatic nitrogens is 1. The van der Waals surface area contributed by atoms with Crippen molar-refractivity contribution in [1.29, 1.82) is 0 Å². The third-order valence-electron chi connectivity index (χ3n) is 2.34. The van der Waals surface area contributed by atoms with Crippen LogP contribution in [0.2, 0.25) is 0 Å². The molecule has 1 aromatic heterocycles. The van der Waals surface area contributed by atoms with Gasteiger partial charge in [-0.2, -0.15) is 0 Å². The van der Waals surface area contributed by atoms with Crippen molar-refractivity contribution in [1.82, 2.24) is 4.98 Å². The fraction of sp³-hybridized carbons (Fsp3) is 0.500. The number of hydrogen-bond donors (Lipinski definition) is 0. The summed E-state index contributed by atoms with van der Waals surface area (Å²) in [6, 6.07) is 4.10. The number of rotatable bonds is 4. The number of nitrogens with zero attached hydrogens (tertiary/aromatic N) is 2. The number of anilines is 1. The maximum atomic E-state index is 11.3. The molecule has 0 atom stereocenters. The molecule has 1 rings (SSSR count). The second kappa shape index (κ2) is 5.49. The number of hydrogen-bond acceptors (Lipinski definition) is 4. The molecule has 0 amide bonds. The summed E-state index contributed by atoms with van der Waals surface area (Å²) in [5.41, 5.74) is 1.10. The number of ether oxygens (including phenoxy) is 1. The van der Waals surface area contributed by atoms with E-state index < -0.39 is 0 Å². The molecule has 0 unspecified atom stereocenters. The highest BCUT2D eigenvalue weighted by molar-refractivity contribution is 5.75. The Morgan fingerprint density at radius 1 is 1.50 bits per heavy atom. The van der Waals surface area contributed by atoms with Crippen LogP contribution in [0.3, 0.4) is 0 Å². The molecule has 0 bridgehead atoms. The molecule has 0 fully saturated rings. The molecule has 0 saturated heterocycles. The van der Waals surface area contributed by atoms with Crippen molar-refractivity contribution < 1.29 is 9.53 Å². The zero-order chi connectivity index (χ0) is 12.1. The third kappa shape index (κ3) is 3.22. The van der Waals surface area contributed by atoms with E-state index in [9.17, 15) is 4.79 Å². The van der Waals surface area contributed by atoms with Gasteiger partial charge in [-0.3, -0.25) is 4.79 Å². The Balaban J connectivity index is 2.85. The Labute approximate surface area is 96.2 Å². The van der Waals surface area contributed by atoms with Crippen molar-refractivity contribution in [3.05, 3.63) is 23.9 Å². The van der Waals surface area contributed by atoms with Crippen molar-refractivity contribution in [3.8, 4) is 0 Å². The average Bonchev–Trinajstić information content (AvgIpc) is 2.26. The predicted octanol–water partition coefficient (Wildman–Crippen LogP) is 1.78. The molecule has 0 aromatic carbocycles. The molecule has 0 aliphatic rings. The standard InChI is InChI=1S/C12H18N2O2/c1-9(2)14(8-12(15)16-4)11-6-5-10(3)7-13-11/h5-7,9H,8H2,1-4H3. The summed E-state index contributed by atoms with van der Waals surface area (Å²) in [6.07, 6.45) is 1.79. The van der Waals surface area contributed by atoms with Gasteiger partial charge < -0.3 is 9.64 Å². The molecule has 0 aliphatic carbocycles. The van der Waals surface area contributed by atoms with Gasteiger partial charge in [0.2, 0.25) is 0 Å². The molecule has 0 radical (unpaired) electrons. The molecule has 0 saturated carbocycles. The van der Waals surface area contributed by atoms with E-state index in [1.165, 1.54) is 7.11 Å². The van der Waals surface area contributed by atoms with E-state index in [1.54, 1.807) is 6.20 Å². The van der Waals surface area contributed by atoms with Gasteiger partial charge in [-0.15, -0.1) is 0 Å². The molecule has 0 aliphatic heterocycles. The normalized spacial score (nSPS) is 10.3. The van der Waals surface area contributed by atoms with Crippen LogP contribution in [0.15, 0.2) is 18.3 Å². The van der Waals surface area contributed by atoms with Crippen LogP contribution in [0.5, 0.6) is 0 Å². The second-order valence-corrected chi connectivity index (χ2v) is 3.99. The van der Waals surface area contributed by atoms with E-state index in [0.29, 0.717) is 0 Å². The minimum Gasteiger partial charge on any atom is -0.468 e. The van der Waals surface area contributed by atoms with E-state index in [2.05, 4.69) is 9.72 Å². The lowest BCUT2D eigenvalue weighted by Gasteiger charge is -2.26. The zero-order valence-corrected chi connectivity index (χ0v) is 10.2. The fourth-order valence-electron chi connectivity index (χ4n) is 1.36. The van der Waals surface area contributed by atoms with Crippen molar-refractivity contribution in [3.63, 3.8) is 0 Å². The predicted molar refractivity (Wildman–Crippen MR) is 63.5 cm³/mol. The summed E-state index contributed by atoms with van der Waals surface area (Å²) < 4.78 is 4.67. The lowest BCUT2D eigenvalue weighted by Crippen LogP contribution is -2.36. The topological polar surface area (TPSA) is 42.4 Å². The number of methoxy groups -OCH3 is 1. The van der Waals surface area contributed by atoms with Gasteiger partial charge in [0.15, 0.2) is 0 Å². The summed E-state index contributed by atoms with van der Waals surface area (Å²) in [5, 5.41) is 0. The molecule has 1 heterocycles. The molecular weight excluding hydrogens is 204 g/mol. The third-order valence-corrected chi connectivity index (χ3v) is 2.34. The number of aryl methyl sites for hydroxylation is 1. The molecule has 0 N–H and O–H groups in total. The highest BCUT2D eigenvalue weighted by Gasteiger charge is 2.15. The summed E-state index contributed by atoms with van der Waals surface area (Å²) >= 11 is 0. The van der Waals surface area contributed by atoms with Crippen molar-refractivity contribution in [2.75, 3.05) is 18.6 Å². The van der Waals surface area contributed by atoms with Gasteiger partial charge in [0, 0.05) is 12.2 Å². The summed E-state index contributed by atoms with van der Waals surface area (Å²) in [7, 11) is 1.39. The molecule has 4 nitrogen and oxygen atoms in total.